The normalized spacial score (nSPS) is 21.2. The van der Waals surface area contributed by atoms with Crippen molar-refractivity contribution in [2.45, 2.75) is 25.6 Å². The lowest BCUT2D eigenvalue weighted by Crippen LogP contribution is -2.34. The van der Waals surface area contributed by atoms with Crippen LogP contribution in [0.25, 0.3) is 0 Å². The Morgan fingerprint density at radius 3 is 2.94 bits per heavy atom. The molecule has 100 valence electrons. The van der Waals surface area contributed by atoms with E-state index in [-0.39, 0.29) is 6.04 Å². The number of alkyl halides is 3. The lowest BCUT2D eigenvalue weighted by Gasteiger charge is -2.18. The maximum atomic E-state index is 12.2. The van der Waals surface area contributed by atoms with Gasteiger partial charge in [0.05, 0.1) is 6.54 Å². The van der Waals surface area contributed by atoms with E-state index in [0.717, 1.165) is 17.8 Å². The van der Waals surface area contributed by atoms with Gasteiger partial charge < -0.3 is 5.32 Å². The molecule has 1 aromatic heterocycles. The Bertz CT molecular complexity index is 406. The fraction of sp³-hybridized carbons (Fsp3) is 0.583. The Hall–Kier alpha value is -1.30. The molecule has 1 atom stereocenters. The van der Waals surface area contributed by atoms with E-state index in [2.05, 4.69) is 10.3 Å². The summed E-state index contributed by atoms with van der Waals surface area (Å²) in [5.41, 5.74) is 1.81. The predicted molar refractivity (Wildman–Crippen MR) is 63.5 cm³/mol. The molecule has 18 heavy (non-hydrogen) atoms. The zero-order valence-corrected chi connectivity index (χ0v) is 10.2. The molecule has 1 saturated heterocycles. The molecule has 1 aromatic rings. The highest BCUT2D eigenvalue weighted by Gasteiger charge is 2.34. The Morgan fingerprint density at radius 1 is 1.50 bits per heavy atom. The number of hydrogen-bond donors (Lipinski definition) is 1. The number of aromatic nitrogens is 1. The summed E-state index contributed by atoms with van der Waals surface area (Å²) in [6.45, 7) is 1.98. The summed E-state index contributed by atoms with van der Waals surface area (Å²) in [5, 5.41) is 3.25. The molecule has 0 aromatic carbocycles. The summed E-state index contributed by atoms with van der Waals surface area (Å²) < 4.78 is 36.7. The molecule has 1 N–H and O–H groups in total. The van der Waals surface area contributed by atoms with Gasteiger partial charge in [0.15, 0.2) is 0 Å². The first-order chi connectivity index (χ1) is 8.42. The van der Waals surface area contributed by atoms with Gasteiger partial charge in [0.25, 0.3) is 0 Å². The van der Waals surface area contributed by atoms with Crippen molar-refractivity contribution in [3.8, 4) is 0 Å². The largest absolute Gasteiger partial charge is 0.401 e. The molecule has 2 heterocycles. The molecule has 1 aliphatic heterocycles. The molecule has 2 rings (SSSR count). The number of likely N-dealkylation sites (tertiary alicyclic amines) is 1. The highest BCUT2D eigenvalue weighted by molar-refractivity contribution is 5.44. The van der Waals surface area contributed by atoms with E-state index in [9.17, 15) is 13.2 Å². The summed E-state index contributed by atoms with van der Waals surface area (Å²) >= 11 is 0. The first-order valence-electron chi connectivity index (χ1n) is 5.91. The highest BCUT2D eigenvalue weighted by Crippen LogP contribution is 2.21. The minimum Gasteiger partial charge on any atom is -0.381 e. The van der Waals surface area contributed by atoms with Crippen LogP contribution in [0.4, 0.5) is 18.9 Å². The van der Waals surface area contributed by atoms with E-state index in [0.29, 0.717) is 13.1 Å². The van der Waals surface area contributed by atoms with Crippen LogP contribution in [0.5, 0.6) is 0 Å². The predicted octanol–water partition coefficient (Wildman–Crippen LogP) is 2.44. The van der Waals surface area contributed by atoms with Crippen molar-refractivity contribution in [1.29, 1.82) is 0 Å². The number of nitrogens with one attached hydrogen (secondary N) is 1. The number of pyridine rings is 1. The lowest BCUT2D eigenvalue weighted by molar-refractivity contribution is -0.143. The van der Waals surface area contributed by atoms with E-state index in [4.69, 9.17) is 0 Å². The molecule has 1 fully saturated rings. The summed E-state index contributed by atoms with van der Waals surface area (Å²) in [4.78, 5) is 5.51. The van der Waals surface area contributed by atoms with Gasteiger partial charge >= 0.3 is 6.18 Å². The number of nitrogens with zero attached hydrogens (tertiary/aromatic N) is 2. The molecule has 1 unspecified atom stereocenters. The number of aryl methyl sites for hydroxylation is 1. The van der Waals surface area contributed by atoms with Gasteiger partial charge in [0.2, 0.25) is 0 Å². The van der Waals surface area contributed by atoms with Crippen LogP contribution in [-0.4, -0.2) is 41.7 Å². The molecule has 6 heteroatoms. The molecule has 0 amide bonds. The van der Waals surface area contributed by atoms with Crippen molar-refractivity contribution in [2.75, 3.05) is 25.0 Å². The van der Waals surface area contributed by atoms with Gasteiger partial charge in [-0.05, 0) is 25.5 Å². The summed E-state index contributed by atoms with van der Waals surface area (Å²) in [5.74, 6) is 0. The molecule has 0 spiro atoms. The Balaban J connectivity index is 1.86. The zero-order valence-electron chi connectivity index (χ0n) is 10.2. The van der Waals surface area contributed by atoms with Crippen LogP contribution >= 0.6 is 0 Å². The van der Waals surface area contributed by atoms with E-state index in [1.165, 1.54) is 4.90 Å². The van der Waals surface area contributed by atoms with Crippen LogP contribution < -0.4 is 5.32 Å². The van der Waals surface area contributed by atoms with Gasteiger partial charge in [-0.25, -0.2) is 0 Å². The second-order valence-electron chi connectivity index (χ2n) is 4.67. The van der Waals surface area contributed by atoms with Gasteiger partial charge in [-0.3, -0.25) is 9.88 Å². The van der Waals surface area contributed by atoms with Crippen molar-refractivity contribution in [1.82, 2.24) is 9.88 Å². The molecule has 0 radical (unpaired) electrons. The maximum Gasteiger partial charge on any atom is 0.401 e. The first kappa shape index (κ1) is 13.1. The summed E-state index contributed by atoms with van der Waals surface area (Å²) in [7, 11) is 0. The highest BCUT2D eigenvalue weighted by atomic mass is 19.4. The Labute approximate surface area is 104 Å². The Kier molecular flexibility index (Phi) is 3.75. The maximum absolute atomic E-state index is 12.2. The van der Waals surface area contributed by atoms with E-state index < -0.39 is 12.7 Å². The van der Waals surface area contributed by atoms with Crippen LogP contribution in [-0.2, 0) is 0 Å². The molecular weight excluding hydrogens is 243 g/mol. The van der Waals surface area contributed by atoms with Gasteiger partial charge in [0, 0.05) is 36.7 Å². The van der Waals surface area contributed by atoms with Gasteiger partial charge in [0.1, 0.15) is 0 Å². The van der Waals surface area contributed by atoms with Crippen molar-refractivity contribution in [3.63, 3.8) is 0 Å². The number of anilines is 1. The van der Waals surface area contributed by atoms with E-state index in [1.54, 1.807) is 6.20 Å². The third-order valence-corrected chi connectivity index (χ3v) is 2.94. The number of rotatable bonds is 3. The molecule has 0 aliphatic carbocycles. The van der Waals surface area contributed by atoms with E-state index >= 15 is 0 Å². The van der Waals surface area contributed by atoms with E-state index in [1.807, 2.05) is 19.1 Å². The van der Waals surface area contributed by atoms with Crippen LogP contribution in [0, 0.1) is 6.92 Å². The molecular formula is C12H16F3N3. The molecule has 0 bridgehead atoms. The SMILES string of the molecule is Cc1cc(NC2CCN(CC(F)(F)F)C2)ccn1. The van der Waals surface area contributed by atoms with Crippen LogP contribution in [0.3, 0.4) is 0 Å². The minimum absolute atomic E-state index is 0.0779. The number of hydrogen-bond acceptors (Lipinski definition) is 3. The smallest absolute Gasteiger partial charge is 0.381 e. The average molecular weight is 259 g/mol. The first-order valence-corrected chi connectivity index (χ1v) is 5.91. The van der Waals surface area contributed by atoms with Gasteiger partial charge in [-0.15, -0.1) is 0 Å². The second-order valence-corrected chi connectivity index (χ2v) is 4.67. The average Bonchev–Trinajstić information content (AvgIpc) is 2.62. The zero-order chi connectivity index (χ0) is 13.2. The van der Waals surface area contributed by atoms with Crippen LogP contribution in [0.15, 0.2) is 18.3 Å². The molecule has 1 aliphatic rings. The monoisotopic (exact) mass is 259 g/mol. The van der Waals surface area contributed by atoms with Gasteiger partial charge in [-0.1, -0.05) is 0 Å². The fourth-order valence-electron chi connectivity index (χ4n) is 2.22. The third-order valence-electron chi connectivity index (χ3n) is 2.94. The van der Waals surface area contributed by atoms with Crippen molar-refractivity contribution < 1.29 is 13.2 Å². The third kappa shape index (κ3) is 3.87. The second kappa shape index (κ2) is 5.14. The minimum atomic E-state index is -4.11. The summed E-state index contributed by atoms with van der Waals surface area (Å²) in [6.07, 6.45) is -1.68. The summed E-state index contributed by atoms with van der Waals surface area (Å²) in [6, 6.07) is 3.81. The van der Waals surface area contributed by atoms with Gasteiger partial charge in [-0.2, -0.15) is 13.2 Å². The Morgan fingerprint density at radius 2 is 2.28 bits per heavy atom. The van der Waals surface area contributed by atoms with Crippen molar-refractivity contribution >= 4 is 5.69 Å². The standard InChI is InChI=1S/C12H16F3N3/c1-9-6-10(2-4-16-9)17-11-3-5-18(7-11)8-12(13,14)15/h2,4,6,11H,3,5,7-8H2,1H3,(H,16,17). The lowest BCUT2D eigenvalue weighted by atomic mass is 10.2. The van der Waals surface area contributed by atoms with Crippen molar-refractivity contribution in [3.05, 3.63) is 24.0 Å². The van der Waals surface area contributed by atoms with Crippen LogP contribution in [0.2, 0.25) is 0 Å². The van der Waals surface area contributed by atoms with Crippen molar-refractivity contribution in [2.24, 2.45) is 0 Å². The molecule has 3 nitrogen and oxygen atoms in total. The fourth-order valence-corrected chi connectivity index (χ4v) is 2.22. The van der Waals surface area contributed by atoms with Crippen LogP contribution in [0.1, 0.15) is 12.1 Å². The topological polar surface area (TPSA) is 28.2 Å². The molecule has 0 saturated carbocycles. The number of halogens is 3. The quantitative estimate of drug-likeness (QED) is 0.903.